The van der Waals surface area contributed by atoms with E-state index in [-0.39, 0.29) is 5.92 Å². The molecule has 3 heteroatoms. The van der Waals surface area contributed by atoms with Gasteiger partial charge < -0.3 is 0 Å². The fourth-order valence-corrected chi connectivity index (χ4v) is 9.32. The highest BCUT2D eigenvalue weighted by atomic mass is 32.2. The van der Waals surface area contributed by atoms with E-state index < -0.39 is 0 Å². The Hall–Kier alpha value is -0.570. The van der Waals surface area contributed by atoms with Gasteiger partial charge in [0.15, 0.2) is 10.9 Å². The van der Waals surface area contributed by atoms with Gasteiger partial charge in [0.25, 0.3) is 0 Å². The lowest BCUT2D eigenvalue weighted by atomic mass is 9.46. The van der Waals surface area contributed by atoms with Gasteiger partial charge in [0.1, 0.15) is 0 Å². The molecule has 0 radical (unpaired) electrons. The number of carbonyl (C=O) groups is 2. The Labute approximate surface area is 194 Å². The minimum absolute atomic E-state index is 0.206. The smallest absolute Gasteiger partial charge is 0.191 e. The molecule has 3 saturated carbocycles. The molecule has 0 unspecified atom stereocenters. The zero-order valence-electron chi connectivity index (χ0n) is 20.5. The van der Waals surface area contributed by atoms with Gasteiger partial charge >= 0.3 is 0 Å². The minimum Gasteiger partial charge on any atom is -0.295 e. The Morgan fingerprint density at radius 3 is 2.58 bits per heavy atom. The minimum atomic E-state index is 0.206. The predicted octanol–water partition coefficient (Wildman–Crippen LogP) is 7.47. The molecule has 4 aliphatic carbocycles. The SMILES string of the molecule is CSC(=O)[C@@H](C)CCC[C@@H](C)[C@H]1CC[C@H]2[C@@H]3CCC4=CC(=O)CC[C@]4(C)[C@H]3CC[C@]12C. The van der Waals surface area contributed by atoms with Crippen molar-refractivity contribution in [2.24, 2.45) is 46.3 Å². The first-order chi connectivity index (χ1) is 14.7. The van der Waals surface area contributed by atoms with Crippen LogP contribution in [-0.2, 0) is 9.59 Å². The van der Waals surface area contributed by atoms with E-state index in [9.17, 15) is 9.59 Å². The van der Waals surface area contributed by atoms with Crippen molar-refractivity contribution in [1.82, 2.24) is 0 Å². The van der Waals surface area contributed by atoms with Crippen LogP contribution in [-0.4, -0.2) is 17.2 Å². The van der Waals surface area contributed by atoms with Crippen LogP contribution < -0.4 is 0 Å². The van der Waals surface area contributed by atoms with Gasteiger partial charge in [-0.25, -0.2) is 0 Å². The summed E-state index contributed by atoms with van der Waals surface area (Å²) in [6.45, 7) is 9.74. The van der Waals surface area contributed by atoms with Crippen molar-refractivity contribution in [2.45, 2.75) is 98.3 Å². The van der Waals surface area contributed by atoms with Crippen LogP contribution in [0.4, 0.5) is 0 Å². The second-order valence-corrected chi connectivity index (χ2v) is 12.8. The van der Waals surface area contributed by atoms with Crippen LogP contribution in [0.15, 0.2) is 11.6 Å². The maximum Gasteiger partial charge on any atom is 0.191 e. The zero-order valence-corrected chi connectivity index (χ0v) is 21.4. The van der Waals surface area contributed by atoms with Gasteiger partial charge in [-0.05, 0) is 104 Å². The number of carbonyl (C=O) groups excluding carboxylic acids is 2. The summed E-state index contributed by atoms with van der Waals surface area (Å²) < 4.78 is 0. The Morgan fingerprint density at radius 1 is 1.06 bits per heavy atom. The van der Waals surface area contributed by atoms with Gasteiger partial charge in [-0.1, -0.05) is 57.9 Å². The van der Waals surface area contributed by atoms with Crippen molar-refractivity contribution in [3.8, 4) is 0 Å². The molecule has 174 valence electrons. The van der Waals surface area contributed by atoms with Gasteiger partial charge in [-0.3, -0.25) is 9.59 Å². The van der Waals surface area contributed by atoms with Crippen molar-refractivity contribution in [2.75, 3.05) is 6.26 Å². The van der Waals surface area contributed by atoms with Gasteiger partial charge in [-0.15, -0.1) is 0 Å². The molecule has 0 aromatic carbocycles. The Bertz CT molecular complexity index is 741. The topological polar surface area (TPSA) is 34.1 Å². The van der Waals surface area contributed by atoms with Crippen molar-refractivity contribution in [1.29, 1.82) is 0 Å². The maximum absolute atomic E-state index is 12.1. The highest BCUT2D eigenvalue weighted by Gasteiger charge is 2.59. The molecule has 0 saturated heterocycles. The molecule has 4 rings (SSSR count). The van der Waals surface area contributed by atoms with E-state index in [4.69, 9.17) is 0 Å². The first-order valence-electron chi connectivity index (χ1n) is 13.0. The summed E-state index contributed by atoms with van der Waals surface area (Å²) in [5.41, 5.74) is 2.29. The lowest BCUT2D eigenvalue weighted by Gasteiger charge is -2.58. The van der Waals surface area contributed by atoms with Gasteiger partial charge in [-0.2, -0.15) is 0 Å². The van der Waals surface area contributed by atoms with E-state index in [1.165, 1.54) is 62.3 Å². The number of allylic oxidation sites excluding steroid dienone is 1. The Morgan fingerprint density at radius 2 is 1.84 bits per heavy atom. The average Bonchev–Trinajstić information content (AvgIpc) is 3.10. The van der Waals surface area contributed by atoms with Gasteiger partial charge in [0.05, 0.1) is 0 Å². The van der Waals surface area contributed by atoms with E-state index in [1.54, 1.807) is 0 Å². The van der Waals surface area contributed by atoms with E-state index in [2.05, 4.69) is 27.7 Å². The van der Waals surface area contributed by atoms with Crippen molar-refractivity contribution in [3.63, 3.8) is 0 Å². The van der Waals surface area contributed by atoms with Gasteiger partial charge in [0, 0.05) is 12.3 Å². The molecule has 0 heterocycles. The van der Waals surface area contributed by atoms with Crippen molar-refractivity contribution < 1.29 is 9.59 Å². The summed E-state index contributed by atoms with van der Waals surface area (Å²) in [5, 5.41) is 0.350. The number of rotatable bonds is 6. The van der Waals surface area contributed by atoms with Crippen LogP contribution in [0.1, 0.15) is 98.3 Å². The molecule has 0 amide bonds. The molecule has 0 bridgehead atoms. The second-order valence-electron chi connectivity index (χ2n) is 12.0. The lowest BCUT2D eigenvalue weighted by molar-refractivity contribution is -0.117. The third-order valence-electron chi connectivity index (χ3n) is 10.6. The second kappa shape index (κ2) is 8.99. The van der Waals surface area contributed by atoms with E-state index in [0.29, 0.717) is 21.7 Å². The number of hydrogen-bond acceptors (Lipinski definition) is 3. The monoisotopic (exact) mass is 444 g/mol. The third-order valence-corrected chi connectivity index (χ3v) is 11.4. The summed E-state index contributed by atoms with van der Waals surface area (Å²) in [7, 11) is 0. The van der Waals surface area contributed by atoms with E-state index in [0.717, 1.165) is 55.3 Å². The summed E-state index contributed by atoms with van der Waals surface area (Å²) in [6, 6.07) is 0. The van der Waals surface area contributed by atoms with Crippen molar-refractivity contribution in [3.05, 3.63) is 11.6 Å². The zero-order chi connectivity index (χ0) is 22.4. The Balaban J connectivity index is 1.42. The van der Waals surface area contributed by atoms with Crippen LogP contribution >= 0.6 is 11.8 Å². The van der Waals surface area contributed by atoms with Gasteiger partial charge in [0.2, 0.25) is 0 Å². The average molecular weight is 445 g/mol. The van der Waals surface area contributed by atoms with Crippen LogP contribution in [0.2, 0.25) is 0 Å². The van der Waals surface area contributed by atoms with Crippen LogP contribution in [0, 0.1) is 46.3 Å². The molecule has 31 heavy (non-hydrogen) atoms. The molecule has 4 aliphatic rings. The number of ketones is 1. The summed E-state index contributed by atoms with van der Waals surface area (Å²) in [4.78, 5) is 24.0. The molecule has 0 aromatic heterocycles. The molecule has 0 aromatic rings. The molecule has 3 fully saturated rings. The first kappa shape index (κ1) is 23.6. The first-order valence-corrected chi connectivity index (χ1v) is 14.2. The van der Waals surface area contributed by atoms with Crippen LogP contribution in [0.25, 0.3) is 0 Å². The fourth-order valence-electron chi connectivity index (χ4n) is 8.80. The largest absolute Gasteiger partial charge is 0.295 e. The Kier molecular flexibility index (Phi) is 6.84. The van der Waals surface area contributed by atoms with Crippen molar-refractivity contribution >= 4 is 22.7 Å². The lowest BCUT2D eigenvalue weighted by Crippen LogP contribution is -2.50. The van der Waals surface area contributed by atoms with E-state index in [1.807, 2.05) is 12.3 Å². The molecule has 0 spiro atoms. The quantitative estimate of drug-likeness (QED) is 0.426. The standard InChI is InChI=1S/C28H44O2S/c1-18(7-6-8-19(2)26(30)31-5)23-11-12-24-22-10-9-20-17-21(29)13-15-27(20,3)25(22)14-16-28(23,24)4/h17-19,22-25H,6-16H2,1-5H3/t18-,19+,22+,23-,24+,25+,27+,28-/m1/s1. The summed E-state index contributed by atoms with van der Waals surface area (Å²) >= 11 is 1.39. The molecule has 0 N–H and O–H groups in total. The highest BCUT2D eigenvalue weighted by molar-refractivity contribution is 8.13. The molecule has 0 aliphatic heterocycles. The number of hydrogen-bond donors (Lipinski definition) is 0. The molecule has 2 nitrogen and oxygen atoms in total. The van der Waals surface area contributed by atoms with Crippen LogP contribution in [0.3, 0.4) is 0 Å². The summed E-state index contributed by atoms with van der Waals surface area (Å²) in [5.74, 6) is 4.74. The molecular weight excluding hydrogens is 400 g/mol. The summed E-state index contributed by atoms with van der Waals surface area (Å²) in [6.07, 6.45) is 17.4. The number of fused-ring (bicyclic) bond motifs is 5. The molecular formula is C28H44O2S. The molecule has 8 atom stereocenters. The van der Waals surface area contributed by atoms with E-state index >= 15 is 0 Å². The van der Waals surface area contributed by atoms with Crippen LogP contribution in [0.5, 0.6) is 0 Å². The highest BCUT2D eigenvalue weighted by Crippen LogP contribution is 2.67. The fraction of sp³-hybridized carbons (Fsp3) is 0.857. The third kappa shape index (κ3) is 4.11. The predicted molar refractivity (Wildman–Crippen MR) is 131 cm³/mol. The normalized spacial score (nSPS) is 41.6. The maximum atomic E-state index is 12.1. The number of thioether (sulfide) groups is 1.